The number of nitrogens with zero attached hydrogens (tertiary/aromatic N) is 2. The van der Waals surface area contributed by atoms with E-state index in [1.54, 1.807) is 13.1 Å². The number of amides is 2. The van der Waals surface area contributed by atoms with Crippen molar-refractivity contribution in [3.63, 3.8) is 0 Å². The Morgan fingerprint density at radius 1 is 1.41 bits per heavy atom. The summed E-state index contributed by atoms with van der Waals surface area (Å²) in [5, 5.41) is 11.2. The number of carbonyl (C=O) groups is 2. The summed E-state index contributed by atoms with van der Waals surface area (Å²) in [6.07, 6.45) is 0.976. The number of hydrogen-bond acceptors (Lipinski definition) is 3. The summed E-state index contributed by atoms with van der Waals surface area (Å²) in [5.74, 6) is -0.502. The Labute approximate surface area is 135 Å². The molecule has 1 N–H and O–H groups in total. The van der Waals surface area contributed by atoms with Gasteiger partial charge in [0.05, 0.1) is 6.54 Å². The first-order chi connectivity index (χ1) is 10.3. The van der Waals surface area contributed by atoms with Gasteiger partial charge in [-0.2, -0.15) is 0 Å². The third kappa shape index (κ3) is 3.59. The zero-order valence-corrected chi connectivity index (χ0v) is 13.6. The second-order valence-corrected chi connectivity index (χ2v) is 6.24. The van der Waals surface area contributed by atoms with Gasteiger partial charge in [0, 0.05) is 32.1 Å². The van der Waals surface area contributed by atoms with Crippen LogP contribution in [0, 0.1) is 0 Å². The number of aliphatic hydroxyl groups is 1. The van der Waals surface area contributed by atoms with E-state index in [0.717, 1.165) is 5.56 Å². The molecule has 0 unspecified atom stereocenters. The smallest absolute Gasteiger partial charge is 0.256 e. The first-order valence-electron chi connectivity index (χ1n) is 7.30. The van der Waals surface area contributed by atoms with Gasteiger partial charge in [0.25, 0.3) is 5.91 Å². The number of halogens is 1. The van der Waals surface area contributed by atoms with Gasteiger partial charge in [-0.3, -0.25) is 9.59 Å². The number of β-amino-alcohol motifs (C(OH)–C–C–N with tert-alkyl or cyclic N) is 1. The van der Waals surface area contributed by atoms with Crippen LogP contribution in [0.3, 0.4) is 0 Å². The van der Waals surface area contributed by atoms with Crippen molar-refractivity contribution in [2.75, 3.05) is 20.1 Å². The Bertz CT molecular complexity index is 578. The lowest BCUT2D eigenvalue weighted by molar-refractivity contribution is -0.159. The van der Waals surface area contributed by atoms with Crippen molar-refractivity contribution in [3.8, 4) is 0 Å². The highest BCUT2D eigenvalue weighted by Gasteiger charge is 2.42. The molecule has 1 saturated heterocycles. The number of likely N-dealkylation sites (tertiary alicyclic amines) is 1. The Balaban J connectivity index is 2.09. The Kier molecular flexibility index (Phi) is 5.08. The molecule has 1 fully saturated rings. The molecule has 22 heavy (non-hydrogen) atoms. The number of likely N-dealkylation sites (N-methyl/N-ethyl adjacent to an activating group) is 1. The average Bonchev–Trinajstić information content (AvgIpc) is 2.48. The summed E-state index contributed by atoms with van der Waals surface area (Å²) in [5.41, 5.74) is -0.692. The molecule has 1 aliphatic rings. The van der Waals surface area contributed by atoms with E-state index in [1.165, 1.54) is 16.7 Å². The number of benzene rings is 1. The molecule has 0 spiro atoms. The second kappa shape index (κ2) is 6.67. The van der Waals surface area contributed by atoms with E-state index in [0.29, 0.717) is 31.0 Å². The van der Waals surface area contributed by atoms with Crippen LogP contribution in [0.2, 0.25) is 5.02 Å². The molecule has 1 aromatic carbocycles. The van der Waals surface area contributed by atoms with Crippen LogP contribution in [0.4, 0.5) is 0 Å². The monoisotopic (exact) mass is 324 g/mol. The predicted molar refractivity (Wildman–Crippen MR) is 84.4 cm³/mol. The van der Waals surface area contributed by atoms with Crippen LogP contribution in [0.15, 0.2) is 24.3 Å². The molecule has 1 heterocycles. The maximum atomic E-state index is 12.6. The summed E-state index contributed by atoms with van der Waals surface area (Å²) in [6.45, 7) is 2.40. The summed E-state index contributed by atoms with van der Waals surface area (Å²) >= 11 is 6.10. The lowest BCUT2D eigenvalue weighted by Crippen LogP contribution is -2.58. The van der Waals surface area contributed by atoms with Crippen molar-refractivity contribution in [3.05, 3.63) is 34.9 Å². The summed E-state index contributed by atoms with van der Waals surface area (Å²) in [4.78, 5) is 27.1. The summed E-state index contributed by atoms with van der Waals surface area (Å²) < 4.78 is 0. The van der Waals surface area contributed by atoms with Crippen LogP contribution in [0.1, 0.15) is 25.3 Å². The van der Waals surface area contributed by atoms with Gasteiger partial charge < -0.3 is 14.9 Å². The van der Waals surface area contributed by atoms with Gasteiger partial charge in [0.2, 0.25) is 5.91 Å². The molecule has 0 radical (unpaired) electrons. The van der Waals surface area contributed by atoms with E-state index >= 15 is 0 Å². The van der Waals surface area contributed by atoms with Crippen LogP contribution in [0.25, 0.3) is 0 Å². The molecule has 1 atom stereocenters. The molecule has 1 aliphatic heterocycles. The second-order valence-electron chi connectivity index (χ2n) is 5.83. The molecule has 0 aliphatic carbocycles. The van der Waals surface area contributed by atoms with Gasteiger partial charge in [-0.25, -0.2) is 0 Å². The minimum atomic E-state index is -1.51. The Hall–Kier alpha value is -1.59. The van der Waals surface area contributed by atoms with Gasteiger partial charge in [-0.1, -0.05) is 29.8 Å². The number of carbonyl (C=O) groups excluding carboxylic acids is 2. The maximum absolute atomic E-state index is 12.6. The zero-order chi connectivity index (χ0) is 16.3. The highest BCUT2D eigenvalue weighted by atomic mass is 35.5. The number of rotatable bonds is 3. The normalized spacial score (nSPS) is 21.5. The van der Waals surface area contributed by atoms with Crippen molar-refractivity contribution >= 4 is 23.4 Å². The third-order valence-electron chi connectivity index (χ3n) is 4.03. The largest absolute Gasteiger partial charge is 0.378 e. The van der Waals surface area contributed by atoms with Crippen molar-refractivity contribution in [2.45, 2.75) is 31.9 Å². The van der Waals surface area contributed by atoms with Gasteiger partial charge in [0.15, 0.2) is 5.60 Å². The summed E-state index contributed by atoms with van der Waals surface area (Å²) in [7, 11) is 1.64. The third-order valence-corrected chi connectivity index (χ3v) is 4.40. The van der Waals surface area contributed by atoms with Crippen LogP contribution in [-0.2, 0) is 16.1 Å². The molecular weight excluding hydrogens is 304 g/mol. The molecule has 6 heteroatoms. The molecule has 0 aromatic heterocycles. The fraction of sp³-hybridized carbons (Fsp3) is 0.500. The molecular formula is C16H21ClN2O3. The van der Waals surface area contributed by atoms with Crippen molar-refractivity contribution < 1.29 is 14.7 Å². The molecule has 5 nitrogen and oxygen atoms in total. The molecule has 120 valence electrons. The van der Waals surface area contributed by atoms with Crippen LogP contribution < -0.4 is 0 Å². The molecule has 2 rings (SSSR count). The predicted octanol–water partition coefficient (Wildman–Crippen LogP) is 1.67. The van der Waals surface area contributed by atoms with E-state index < -0.39 is 5.60 Å². The van der Waals surface area contributed by atoms with Gasteiger partial charge in [-0.05, 0) is 24.5 Å². The fourth-order valence-corrected chi connectivity index (χ4v) is 2.98. The first kappa shape index (κ1) is 16.8. The van der Waals surface area contributed by atoms with E-state index in [2.05, 4.69) is 0 Å². The quantitative estimate of drug-likeness (QED) is 0.920. The molecule has 0 bridgehead atoms. The van der Waals surface area contributed by atoms with Gasteiger partial charge in [-0.15, -0.1) is 0 Å². The Morgan fingerprint density at radius 2 is 2.09 bits per heavy atom. The highest BCUT2D eigenvalue weighted by molar-refractivity contribution is 6.31. The lowest BCUT2D eigenvalue weighted by atomic mass is 9.91. The summed E-state index contributed by atoms with van der Waals surface area (Å²) in [6, 6.07) is 7.29. The van der Waals surface area contributed by atoms with E-state index in [-0.39, 0.29) is 18.4 Å². The molecule has 2 amide bonds. The van der Waals surface area contributed by atoms with Gasteiger partial charge in [0.1, 0.15) is 0 Å². The van der Waals surface area contributed by atoms with Crippen LogP contribution >= 0.6 is 11.6 Å². The SMILES string of the molecule is CC(=O)N1CCC[C@](O)(C(=O)N(C)Cc2ccccc2Cl)C1. The first-order valence-corrected chi connectivity index (χ1v) is 7.68. The highest BCUT2D eigenvalue weighted by Crippen LogP contribution is 2.25. The number of piperidine rings is 1. The minimum Gasteiger partial charge on any atom is -0.378 e. The van der Waals surface area contributed by atoms with Crippen LogP contribution in [-0.4, -0.2) is 52.5 Å². The maximum Gasteiger partial charge on any atom is 0.256 e. The van der Waals surface area contributed by atoms with Crippen molar-refractivity contribution in [1.29, 1.82) is 0 Å². The van der Waals surface area contributed by atoms with E-state index in [1.807, 2.05) is 18.2 Å². The lowest BCUT2D eigenvalue weighted by Gasteiger charge is -2.39. The van der Waals surface area contributed by atoms with E-state index in [9.17, 15) is 14.7 Å². The van der Waals surface area contributed by atoms with Gasteiger partial charge >= 0.3 is 0 Å². The Morgan fingerprint density at radius 3 is 2.73 bits per heavy atom. The number of hydrogen-bond donors (Lipinski definition) is 1. The molecule has 0 saturated carbocycles. The standard InChI is InChI=1S/C16H21ClN2O3/c1-12(20)19-9-5-8-16(22,11-19)15(21)18(2)10-13-6-3-4-7-14(13)17/h3-4,6-7,22H,5,8-11H2,1-2H3/t16-/m1/s1. The minimum absolute atomic E-state index is 0.0496. The van der Waals surface area contributed by atoms with E-state index in [4.69, 9.17) is 11.6 Å². The van der Waals surface area contributed by atoms with Crippen LogP contribution in [0.5, 0.6) is 0 Å². The average molecular weight is 325 g/mol. The zero-order valence-electron chi connectivity index (χ0n) is 12.9. The topological polar surface area (TPSA) is 60.9 Å². The fourth-order valence-electron chi connectivity index (χ4n) is 2.79. The van der Waals surface area contributed by atoms with Crippen molar-refractivity contribution in [2.24, 2.45) is 0 Å². The van der Waals surface area contributed by atoms with Crippen molar-refractivity contribution in [1.82, 2.24) is 9.80 Å². The molecule has 1 aromatic rings.